The molecular formula is C28H36ClN3O5. The van der Waals surface area contributed by atoms with Gasteiger partial charge in [0.2, 0.25) is 11.8 Å². The van der Waals surface area contributed by atoms with E-state index in [-0.39, 0.29) is 30.9 Å². The van der Waals surface area contributed by atoms with Crippen LogP contribution in [0.4, 0.5) is 5.69 Å². The van der Waals surface area contributed by atoms with E-state index in [0.29, 0.717) is 36.6 Å². The largest absolute Gasteiger partial charge is 0.394 e. The Hall–Kier alpha value is -2.68. The maximum Gasteiger partial charge on any atom is 0.253 e. The summed E-state index contributed by atoms with van der Waals surface area (Å²) in [4.78, 5) is 46.9. The number of likely N-dealkylation sites (tertiary alicyclic amines) is 1. The molecule has 0 aliphatic carbocycles. The number of hydrogen-bond donors (Lipinski definition) is 1. The van der Waals surface area contributed by atoms with Gasteiger partial charge in [0.15, 0.2) is 0 Å². The second-order valence-corrected chi connectivity index (χ2v) is 10.5. The molecular weight excluding hydrogens is 494 g/mol. The topological polar surface area (TPSA) is 90.4 Å². The minimum absolute atomic E-state index is 0.148. The summed E-state index contributed by atoms with van der Waals surface area (Å²) in [6.45, 7) is 12.0. The van der Waals surface area contributed by atoms with Gasteiger partial charge in [-0.2, -0.15) is 0 Å². The number of amides is 3. The molecule has 3 fully saturated rings. The van der Waals surface area contributed by atoms with Crippen molar-refractivity contribution >= 4 is 35.0 Å². The molecule has 3 amide bonds. The van der Waals surface area contributed by atoms with Gasteiger partial charge in [-0.3, -0.25) is 14.4 Å². The van der Waals surface area contributed by atoms with Gasteiger partial charge in [0.05, 0.1) is 41.3 Å². The molecule has 6 atom stereocenters. The third-order valence-corrected chi connectivity index (χ3v) is 8.19. The lowest BCUT2D eigenvalue weighted by molar-refractivity contribution is -0.147. The molecule has 3 aliphatic rings. The lowest BCUT2D eigenvalue weighted by atomic mass is 9.70. The highest BCUT2D eigenvalue weighted by Crippen LogP contribution is 2.59. The van der Waals surface area contributed by atoms with Crippen LogP contribution in [0.15, 0.2) is 49.6 Å². The van der Waals surface area contributed by atoms with Gasteiger partial charge >= 0.3 is 0 Å². The molecule has 1 N–H and O–H groups in total. The van der Waals surface area contributed by atoms with E-state index in [1.165, 1.54) is 9.80 Å². The molecule has 2 bridgehead atoms. The van der Waals surface area contributed by atoms with E-state index in [4.69, 9.17) is 16.3 Å². The molecule has 1 aromatic rings. The fourth-order valence-electron chi connectivity index (χ4n) is 6.40. The van der Waals surface area contributed by atoms with E-state index >= 15 is 0 Å². The number of aliphatic hydroxyl groups excluding tert-OH is 1. The molecule has 1 spiro atoms. The molecule has 0 saturated carbocycles. The summed E-state index contributed by atoms with van der Waals surface area (Å²) < 4.78 is 6.52. The van der Waals surface area contributed by atoms with E-state index in [9.17, 15) is 19.5 Å². The zero-order valence-corrected chi connectivity index (χ0v) is 22.3. The van der Waals surface area contributed by atoms with Gasteiger partial charge in [-0.15, -0.1) is 13.2 Å². The predicted molar refractivity (Wildman–Crippen MR) is 142 cm³/mol. The maximum absolute atomic E-state index is 14.4. The number of halogens is 1. The van der Waals surface area contributed by atoms with Gasteiger partial charge in [-0.1, -0.05) is 42.8 Å². The van der Waals surface area contributed by atoms with Crippen molar-refractivity contribution in [2.24, 2.45) is 11.8 Å². The first-order valence-corrected chi connectivity index (χ1v) is 13.3. The lowest BCUT2D eigenvalue weighted by Gasteiger charge is -2.38. The number of aliphatic hydroxyl groups is 1. The van der Waals surface area contributed by atoms with Crippen molar-refractivity contribution in [3.63, 3.8) is 0 Å². The lowest BCUT2D eigenvalue weighted by Crippen LogP contribution is -2.58. The van der Waals surface area contributed by atoms with Crippen LogP contribution in [0.2, 0.25) is 5.02 Å². The van der Waals surface area contributed by atoms with Crippen molar-refractivity contribution in [2.75, 3.05) is 31.1 Å². The normalized spacial score (nSPS) is 28.6. The standard InChI is InChI=1S/C28H36ClN3O5/c1-5-14-30(15-6-2)25(34)22-21-12-13-28(37-21)23(22)26(35)32(18(4)17-33)24(28)27(36)31(16-7-3)20-11-9-8-10-19(20)29/h5,7-11,18,21-24,33H,1,3,6,12-17H2,2,4H3/t18-,21+,22-,23+,24?,28?/m1/s1. The fraction of sp³-hybridized carbons (Fsp3) is 0.536. The molecule has 8 nitrogen and oxygen atoms in total. The van der Waals surface area contributed by atoms with Gasteiger partial charge in [-0.05, 0) is 38.3 Å². The number of nitrogens with zero attached hydrogens (tertiary/aromatic N) is 3. The molecule has 37 heavy (non-hydrogen) atoms. The first-order valence-electron chi connectivity index (χ1n) is 12.9. The number of carbonyl (C=O) groups excluding carboxylic acids is 3. The average Bonchev–Trinajstić information content (AvgIpc) is 3.54. The predicted octanol–water partition coefficient (Wildman–Crippen LogP) is 3.04. The van der Waals surface area contributed by atoms with E-state index in [0.717, 1.165) is 6.42 Å². The highest BCUT2D eigenvalue weighted by atomic mass is 35.5. The van der Waals surface area contributed by atoms with Crippen molar-refractivity contribution in [1.82, 2.24) is 9.80 Å². The van der Waals surface area contributed by atoms with Crippen LogP contribution in [0.1, 0.15) is 33.1 Å². The third kappa shape index (κ3) is 4.39. The number of para-hydroxylation sites is 1. The second kappa shape index (κ2) is 11.0. The first kappa shape index (κ1) is 27.4. The summed E-state index contributed by atoms with van der Waals surface area (Å²) in [7, 11) is 0. The summed E-state index contributed by atoms with van der Waals surface area (Å²) in [6, 6.07) is 5.35. The molecule has 3 heterocycles. The Balaban J connectivity index is 1.79. The van der Waals surface area contributed by atoms with Crippen LogP contribution >= 0.6 is 11.6 Å². The SMILES string of the molecule is C=CCN(CCC)C(=O)[C@@H]1[C@@H]2CCC3(O2)C(C(=O)N(CC=C)c2ccccc2Cl)N([C@H](C)CO)C(=O)[C@H]13. The van der Waals surface area contributed by atoms with Crippen molar-refractivity contribution < 1.29 is 24.2 Å². The monoisotopic (exact) mass is 529 g/mol. The molecule has 2 unspecified atom stereocenters. The number of rotatable bonds is 11. The number of anilines is 1. The Morgan fingerprint density at radius 1 is 1.27 bits per heavy atom. The number of ether oxygens (including phenoxy) is 1. The number of hydrogen-bond acceptors (Lipinski definition) is 5. The Bertz CT molecular complexity index is 1080. The van der Waals surface area contributed by atoms with Crippen LogP contribution in [-0.2, 0) is 19.1 Å². The molecule has 200 valence electrons. The summed E-state index contributed by atoms with van der Waals surface area (Å²) in [5.41, 5.74) is -0.659. The summed E-state index contributed by atoms with van der Waals surface area (Å²) >= 11 is 6.47. The molecule has 9 heteroatoms. The summed E-state index contributed by atoms with van der Waals surface area (Å²) in [5, 5.41) is 10.5. The molecule has 3 aliphatic heterocycles. The van der Waals surface area contributed by atoms with E-state index < -0.39 is 35.6 Å². The molecule has 0 aromatic heterocycles. The Morgan fingerprint density at radius 2 is 1.97 bits per heavy atom. The van der Waals surface area contributed by atoms with Gasteiger partial charge in [0, 0.05) is 19.6 Å². The minimum atomic E-state index is -1.16. The number of fused-ring (bicyclic) bond motifs is 1. The van der Waals surface area contributed by atoms with Crippen LogP contribution in [0.5, 0.6) is 0 Å². The van der Waals surface area contributed by atoms with E-state index in [2.05, 4.69) is 13.2 Å². The van der Waals surface area contributed by atoms with Crippen molar-refractivity contribution in [1.29, 1.82) is 0 Å². The smallest absolute Gasteiger partial charge is 0.253 e. The molecule has 3 saturated heterocycles. The molecule has 1 aromatic carbocycles. The van der Waals surface area contributed by atoms with Crippen LogP contribution in [0.25, 0.3) is 0 Å². The van der Waals surface area contributed by atoms with Crippen LogP contribution in [0.3, 0.4) is 0 Å². The molecule has 0 radical (unpaired) electrons. The Labute approximate surface area is 223 Å². The maximum atomic E-state index is 14.4. The van der Waals surface area contributed by atoms with E-state index in [1.807, 2.05) is 6.92 Å². The van der Waals surface area contributed by atoms with Gasteiger partial charge in [-0.25, -0.2) is 0 Å². The third-order valence-electron chi connectivity index (χ3n) is 7.87. The number of carbonyl (C=O) groups is 3. The average molecular weight is 530 g/mol. The molecule has 4 rings (SSSR count). The first-order chi connectivity index (χ1) is 17.8. The van der Waals surface area contributed by atoms with Crippen LogP contribution < -0.4 is 4.90 Å². The minimum Gasteiger partial charge on any atom is -0.394 e. The Kier molecular flexibility index (Phi) is 8.11. The van der Waals surface area contributed by atoms with Gasteiger partial charge < -0.3 is 24.5 Å². The van der Waals surface area contributed by atoms with Crippen LogP contribution in [-0.4, -0.2) is 82.7 Å². The van der Waals surface area contributed by atoms with E-state index in [1.54, 1.807) is 48.2 Å². The zero-order valence-electron chi connectivity index (χ0n) is 21.5. The highest BCUT2D eigenvalue weighted by Gasteiger charge is 2.75. The van der Waals surface area contributed by atoms with Crippen molar-refractivity contribution in [3.8, 4) is 0 Å². The summed E-state index contributed by atoms with van der Waals surface area (Å²) in [6.07, 6.45) is 4.65. The summed E-state index contributed by atoms with van der Waals surface area (Å²) in [5.74, 6) is -2.33. The number of benzene rings is 1. The van der Waals surface area contributed by atoms with Crippen molar-refractivity contribution in [3.05, 3.63) is 54.6 Å². The van der Waals surface area contributed by atoms with Crippen LogP contribution in [0, 0.1) is 11.8 Å². The second-order valence-electron chi connectivity index (χ2n) is 10.1. The zero-order chi connectivity index (χ0) is 26.9. The van der Waals surface area contributed by atoms with Crippen molar-refractivity contribution in [2.45, 2.75) is 56.9 Å². The van der Waals surface area contributed by atoms with Gasteiger partial charge in [0.25, 0.3) is 5.91 Å². The van der Waals surface area contributed by atoms with Gasteiger partial charge in [0.1, 0.15) is 11.6 Å². The fourth-order valence-corrected chi connectivity index (χ4v) is 6.63. The highest BCUT2D eigenvalue weighted by molar-refractivity contribution is 6.34. The quantitative estimate of drug-likeness (QED) is 0.445. The Morgan fingerprint density at radius 3 is 2.59 bits per heavy atom.